The lowest BCUT2D eigenvalue weighted by atomic mass is 9.92. The highest BCUT2D eigenvalue weighted by atomic mass is 16.3. The highest BCUT2D eigenvalue weighted by Gasteiger charge is 2.16. The summed E-state index contributed by atoms with van der Waals surface area (Å²) in [5.41, 5.74) is 3.43. The van der Waals surface area contributed by atoms with E-state index in [2.05, 4.69) is 16.9 Å². The molecular weight excluding hydrogens is 316 g/mol. The van der Waals surface area contributed by atoms with Gasteiger partial charge in [-0.2, -0.15) is 0 Å². The Kier molecular flexibility index (Phi) is 5.14. The van der Waals surface area contributed by atoms with Crippen molar-refractivity contribution in [2.75, 3.05) is 0 Å². The van der Waals surface area contributed by atoms with Gasteiger partial charge in [-0.1, -0.05) is 37.3 Å². The zero-order chi connectivity index (χ0) is 17.8. The molecule has 2 unspecified atom stereocenters. The van der Waals surface area contributed by atoms with Gasteiger partial charge in [0.2, 0.25) is 0 Å². The summed E-state index contributed by atoms with van der Waals surface area (Å²) >= 11 is 0. The second kappa shape index (κ2) is 7.49. The Morgan fingerprint density at radius 1 is 1.32 bits per heavy atom. The summed E-state index contributed by atoms with van der Waals surface area (Å²) in [7, 11) is 0. The van der Waals surface area contributed by atoms with Gasteiger partial charge in [-0.15, -0.1) is 0 Å². The van der Waals surface area contributed by atoms with Gasteiger partial charge in [-0.25, -0.2) is 4.98 Å². The van der Waals surface area contributed by atoms with Crippen LogP contribution in [-0.4, -0.2) is 26.3 Å². The zero-order valence-corrected chi connectivity index (χ0v) is 14.1. The van der Waals surface area contributed by atoms with Crippen LogP contribution in [0.25, 0.3) is 0 Å². The number of aromatic nitrogens is 2. The molecule has 0 fully saturated rings. The number of hydrogen-bond donors (Lipinski definition) is 3. The summed E-state index contributed by atoms with van der Waals surface area (Å²) in [5, 5.41) is 19.0. The summed E-state index contributed by atoms with van der Waals surface area (Å²) in [6, 6.07) is 7.11. The van der Waals surface area contributed by atoms with Gasteiger partial charge in [-0.05, 0) is 42.0 Å². The van der Waals surface area contributed by atoms with Gasteiger partial charge in [0.15, 0.2) is 0 Å². The number of aliphatic hydroxyl groups excluding tert-OH is 1. The van der Waals surface area contributed by atoms with E-state index in [9.17, 15) is 15.0 Å². The molecule has 3 rings (SSSR count). The van der Waals surface area contributed by atoms with Crippen molar-refractivity contribution in [2.24, 2.45) is 0 Å². The van der Waals surface area contributed by atoms with Crippen molar-refractivity contribution in [1.29, 1.82) is 0 Å². The SMILES string of the molecule is CC(Cc1nc[nH]c(=O)c1CC1=CCC(O)C=C1)c1ccc(O)cc1. The van der Waals surface area contributed by atoms with Gasteiger partial charge in [0, 0.05) is 12.0 Å². The van der Waals surface area contributed by atoms with E-state index in [4.69, 9.17) is 0 Å². The fourth-order valence-electron chi connectivity index (χ4n) is 3.02. The number of allylic oxidation sites excluding steroid dienone is 2. The third-order valence-electron chi connectivity index (χ3n) is 4.54. The number of rotatable bonds is 5. The molecule has 0 aliphatic heterocycles. The van der Waals surface area contributed by atoms with E-state index >= 15 is 0 Å². The van der Waals surface area contributed by atoms with Crippen LogP contribution in [0.1, 0.15) is 36.1 Å². The molecule has 2 atom stereocenters. The molecule has 2 aromatic rings. The Hall–Kier alpha value is -2.66. The van der Waals surface area contributed by atoms with Crippen LogP contribution in [0.5, 0.6) is 5.75 Å². The highest BCUT2D eigenvalue weighted by Crippen LogP contribution is 2.23. The quantitative estimate of drug-likeness (QED) is 0.782. The van der Waals surface area contributed by atoms with Crippen LogP contribution in [-0.2, 0) is 12.8 Å². The average Bonchev–Trinajstić information content (AvgIpc) is 2.60. The van der Waals surface area contributed by atoms with E-state index in [0.717, 1.165) is 16.8 Å². The third-order valence-corrected chi connectivity index (χ3v) is 4.54. The first-order valence-corrected chi connectivity index (χ1v) is 8.42. The lowest BCUT2D eigenvalue weighted by Gasteiger charge is -2.15. The number of aliphatic hydroxyl groups is 1. The molecule has 5 nitrogen and oxygen atoms in total. The largest absolute Gasteiger partial charge is 0.508 e. The van der Waals surface area contributed by atoms with Crippen molar-refractivity contribution in [3.05, 3.63) is 81.6 Å². The molecule has 5 heteroatoms. The number of aromatic hydroxyl groups is 1. The molecule has 0 bridgehead atoms. The number of nitrogens with zero attached hydrogens (tertiary/aromatic N) is 1. The Bertz CT molecular complexity index is 850. The lowest BCUT2D eigenvalue weighted by Crippen LogP contribution is -2.19. The summed E-state index contributed by atoms with van der Waals surface area (Å²) in [6.45, 7) is 2.08. The maximum absolute atomic E-state index is 12.3. The maximum Gasteiger partial charge on any atom is 0.254 e. The summed E-state index contributed by atoms with van der Waals surface area (Å²) in [4.78, 5) is 19.4. The van der Waals surface area contributed by atoms with Gasteiger partial charge >= 0.3 is 0 Å². The van der Waals surface area contributed by atoms with Crippen molar-refractivity contribution in [3.63, 3.8) is 0 Å². The molecule has 1 aromatic carbocycles. The van der Waals surface area contributed by atoms with E-state index in [0.29, 0.717) is 24.8 Å². The Balaban J connectivity index is 1.82. The second-order valence-electron chi connectivity index (χ2n) is 6.47. The molecule has 1 aliphatic rings. The Labute approximate surface area is 146 Å². The minimum atomic E-state index is -0.440. The van der Waals surface area contributed by atoms with Gasteiger partial charge in [-0.3, -0.25) is 4.79 Å². The number of aromatic amines is 1. The van der Waals surface area contributed by atoms with E-state index in [1.165, 1.54) is 6.33 Å². The van der Waals surface area contributed by atoms with Crippen molar-refractivity contribution in [1.82, 2.24) is 9.97 Å². The molecule has 3 N–H and O–H groups in total. The average molecular weight is 338 g/mol. The van der Waals surface area contributed by atoms with Gasteiger partial charge in [0.1, 0.15) is 5.75 Å². The van der Waals surface area contributed by atoms with E-state index < -0.39 is 6.10 Å². The van der Waals surface area contributed by atoms with Crippen LogP contribution in [0.4, 0.5) is 0 Å². The Morgan fingerprint density at radius 3 is 2.76 bits per heavy atom. The molecule has 0 saturated heterocycles. The van der Waals surface area contributed by atoms with Crippen LogP contribution in [0, 0.1) is 0 Å². The van der Waals surface area contributed by atoms with E-state index in [1.807, 2.05) is 24.3 Å². The fraction of sp³-hybridized carbons (Fsp3) is 0.300. The molecule has 25 heavy (non-hydrogen) atoms. The van der Waals surface area contributed by atoms with Crippen molar-refractivity contribution in [2.45, 2.75) is 38.2 Å². The summed E-state index contributed by atoms with van der Waals surface area (Å²) in [5.74, 6) is 0.412. The molecule has 130 valence electrons. The first-order valence-electron chi connectivity index (χ1n) is 8.42. The number of H-pyrrole nitrogens is 1. The highest BCUT2D eigenvalue weighted by molar-refractivity contribution is 5.34. The molecule has 0 amide bonds. The van der Waals surface area contributed by atoms with Gasteiger partial charge in [0.25, 0.3) is 5.56 Å². The predicted octanol–water partition coefficient (Wildman–Crippen LogP) is 2.61. The number of benzene rings is 1. The number of phenolic OH excluding ortho intramolecular Hbond substituents is 1. The van der Waals surface area contributed by atoms with Crippen LogP contribution >= 0.6 is 0 Å². The smallest absolute Gasteiger partial charge is 0.254 e. The van der Waals surface area contributed by atoms with Crippen LogP contribution < -0.4 is 5.56 Å². The van der Waals surface area contributed by atoms with Crippen LogP contribution in [0.3, 0.4) is 0 Å². The minimum absolute atomic E-state index is 0.122. The number of phenols is 1. The van der Waals surface area contributed by atoms with Crippen LogP contribution in [0.2, 0.25) is 0 Å². The predicted molar refractivity (Wildman–Crippen MR) is 96.6 cm³/mol. The topological polar surface area (TPSA) is 86.2 Å². The molecule has 0 spiro atoms. The monoisotopic (exact) mass is 338 g/mol. The van der Waals surface area contributed by atoms with Crippen molar-refractivity contribution >= 4 is 0 Å². The van der Waals surface area contributed by atoms with Crippen molar-refractivity contribution < 1.29 is 10.2 Å². The molecule has 0 saturated carbocycles. The lowest BCUT2D eigenvalue weighted by molar-refractivity contribution is 0.225. The van der Waals surface area contributed by atoms with Crippen molar-refractivity contribution in [3.8, 4) is 5.75 Å². The first-order chi connectivity index (χ1) is 12.0. The summed E-state index contributed by atoms with van der Waals surface area (Å²) < 4.78 is 0. The minimum Gasteiger partial charge on any atom is -0.508 e. The van der Waals surface area contributed by atoms with Crippen LogP contribution in [0.15, 0.2) is 59.2 Å². The van der Waals surface area contributed by atoms with Gasteiger partial charge in [0.05, 0.1) is 18.1 Å². The number of nitrogens with one attached hydrogen (secondary N) is 1. The molecular formula is C20H22N2O3. The first kappa shape index (κ1) is 17.2. The standard InChI is InChI=1S/C20H22N2O3/c1-13(15-4-8-17(24)9-5-15)10-19-18(20(25)22-12-21-19)11-14-2-6-16(23)7-3-14/h2-6,8-9,12-13,16,23-24H,7,10-11H2,1H3,(H,21,22,25). The fourth-order valence-corrected chi connectivity index (χ4v) is 3.02. The molecule has 1 aliphatic carbocycles. The molecule has 1 aromatic heterocycles. The molecule has 0 radical (unpaired) electrons. The van der Waals surface area contributed by atoms with E-state index in [-0.39, 0.29) is 17.2 Å². The Morgan fingerprint density at radius 2 is 2.08 bits per heavy atom. The summed E-state index contributed by atoms with van der Waals surface area (Å²) in [6.07, 6.45) is 8.30. The second-order valence-corrected chi connectivity index (χ2v) is 6.47. The van der Waals surface area contributed by atoms with Gasteiger partial charge < -0.3 is 15.2 Å². The van der Waals surface area contributed by atoms with E-state index in [1.54, 1.807) is 18.2 Å². The maximum atomic E-state index is 12.3. The third kappa shape index (κ3) is 4.25. The zero-order valence-electron chi connectivity index (χ0n) is 14.1. The normalized spacial score (nSPS) is 18.0. The molecule has 1 heterocycles. The number of hydrogen-bond acceptors (Lipinski definition) is 4.